The normalized spacial score (nSPS) is 31.2. The van der Waals surface area contributed by atoms with Crippen molar-refractivity contribution < 1.29 is 9.84 Å². The van der Waals surface area contributed by atoms with E-state index in [4.69, 9.17) is 9.84 Å². The summed E-state index contributed by atoms with van der Waals surface area (Å²) in [6.45, 7) is 5.74. The fourth-order valence-electron chi connectivity index (χ4n) is 3.89. The van der Waals surface area contributed by atoms with Gasteiger partial charge in [0, 0.05) is 36.3 Å². The molecule has 3 atom stereocenters. The molecule has 0 spiro atoms. The van der Waals surface area contributed by atoms with Gasteiger partial charge in [0.15, 0.2) is 0 Å². The first-order chi connectivity index (χ1) is 9.63. The van der Waals surface area contributed by atoms with Gasteiger partial charge in [0.2, 0.25) is 0 Å². The van der Waals surface area contributed by atoms with Gasteiger partial charge in [0.25, 0.3) is 0 Å². The maximum Gasteiger partial charge on any atom is 0.0693 e. The van der Waals surface area contributed by atoms with Gasteiger partial charge in [-0.3, -0.25) is 0 Å². The van der Waals surface area contributed by atoms with Crippen molar-refractivity contribution in [2.45, 2.75) is 45.3 Å². The number of fused-ring (bicyclic) bond motifs is 1. The number of rotatable bonds is 4. The molecule has 0 amide bonds. The number of benzene rings is 1. The van der Waals surface area contributed by atoms with Crippen molar-refractivity contribution in [1.82, 2.24) is 0 Å². The third-order valence-corrected chi connectivity index (χ3v) is 5.01. The van der Waals surface area contributed by atoms with E-state index in [1.165, 1.54) is 24.1 Å². The smallest absolute Gasteiger partial charge is 0.0693 e. The molecule has 3 nitrogen and oxygen atoms in total. The van der Waals surface area contributed by atoms with E-state index >= 15 is 0 Å². The lowest BCUT2D eigenvalue weighted by atomic mass is 9.55. The van der Waals surface area contributed by atoms with Crippen LogP contribution in [0.1, 0.15) is 32.3 Å². The number of aliphatic hydroxyl groups excluding tert-OH is 1. The fourth-order valence-corrected chi connectivity index (χ4v) is 3.89. The van der Waals surface area contributed by atoms with Crippen molar-refractivity contribution in [2.75, 3.05) is 18.5 Å². The van der Waals surface area contributed by atoms with Gasteiger partial charge in [-0.25, -0.2) is 0 Å². The number of anilines is 1. The molecule has 0 bridgehead atoms. The highest BCUT2D eigenvalue weighted by molar-refractivity contribution is 5.47. The first-order valence-electron chi connectivity index (χ1n) is 7.71. The van der Waals surface area contributed by atoms with E-state index in [1.807, 2.05) is 0 Å². The zero-order valence-electron chi connectivity index (χ0n) is 12.4. The van der Waals surface area contributed by atoms with Crippen molar-refractivity contribution in [3.63, 3.8) is 0 Å². The second-order valence-electron chi connectivity index (χ2n) is 6.71. The van der Waals surface area contributed by atoms with E-state index in [9.17, 15) is 0 Å². The standard InChI is InChI=1S/C17H25NO2/c1-17(2)15(14-4-3-11-20-16(14)17)18-13-7-5-12(6-8-13)9-10-19/h5-8,14-16,18-19H,3-4,9-11H2,1-2H3. The Morgan fingerprint density at radius 3 is 2.75 bits per heavy atom. The van der Waals surface area contributed by atoms with Crippen LogP contribution in [0.4, 0.5) is 5.69 Å². The fraction of sp³-hybridized carbons (Fsp3) is 0.647. The molecule has 1 aliphatic carbocycles. The van der Waals surface area contributed by atoms with Gasteiger partial charge in [0.1, 0.15) is 0 Å². The summed E-state index contributed by atoms with van der Waals surface area (Å²) in [5.41, 5.74) is 2.56. The van der Waals surface area contributed by atoms with Crippen LogP contribution in [0.25, 0.3) is 0 Å². The van der Waals surface area contributed by atoms with Crippen LogP contribution in [0, 0.1) is 11.3 Å². The highest BCUT2D eigenvalue weighted by atomic mass is 16.5. The van der Waals surface area contributed by atoms with E-state index in [-0.39, 0.29) is 12.0 Å². The molecule has 1 saturated carbocycles. The number of hydrogen-bond acceptors (Lipinski definition) is 3. The SMILES string of the molecule is CC1(C)C(Nc2ccc(CCO)cc2)C2CCCOC21. The van der Waals surface area contributed by atoms with E-state index in [1.54, 1.807) is 0 Å². The minimum Gasteiger partial charge on any atom is -0.396 e. The van der Waals surface area contributed by atoms with Crippen LogP contribution in [0.15, 0.2) is 24.3 Å². The Bertz CT molecular complexity index is 455. The van der Waals surface area contributed by atoms with Crippen LogP contribution in [-0.2, 0) is 11.2 Å². The molecule has 2 fully saturated rings. The molecule has 1 saturated heterocycles. The molecule has 3 heteroatoms. The topological polar surface area (TPSA) is 41.5 Å². The van der Waals surface area contributed by atoms with Gasteiger partial charge in [0.05, 0.1) is 6.10 Å². The largest absolute Gasteiger partial charge is 0.396 e. The van der Waals surface area contributed by atoms with Crippen LogP contribution < -0.4 is 5.32 Å². The predicted octanol–water partition coefficient (Wildman–Crippen LogP) is 2.84. The summed E-state index contributed by atoms with van der Waals surface area (Å²) in [7, 11) is 0. The molecule has 20 heavy (non-hydrogen) atoms. The van der Waals surface area contributed by atoms with Gasteiger partial charge in [-0.1, -0.05) is 26.0 Å². The quantitative estimate of drug-likeness (QED) is 0.888. The highest BCUT2D eigenvalue weighted by Crippen LogP contribution is 2.52. The summed E-state index contributed by atoms with van der Waals surface area (Å²) in [4.78, 5) is 0. The second-order valence-corrected chi connectivity index (χ2v) is 6.71. The Morgan fingerprint density at radius 1 is 1.30 bits per heavy atom. The lowest BCUT2D eigenvalue weighted by molar-refractivity contribution is -0.177. The maximum absolute atomic E-state index is 8.95. The van der Waals surface area contributed by atoms with E-state index in [0.717, 1.165) is 13.0 Å². The average Bonchev–Trinajstić information content (AvgIpc) is 2.47. The molecule has 1 heterocycles. The van der Waals surface area contributed by atoms with Crippen molar-refractivity contribution in [2.24, 2.45) is 11.3 Å². The Hall–Kier alpha value is -1.06. The van der Waals surface area contributed by atoms with Gasteiger partial charge >= 0.3 is 0 Å². The van der Waals surface area contributed by atoms with Gasteiger partial charge in [-0.05, 0) is 37.0 Å². The van der Waals surface area contributed by atoms with Crippen LogP contribution >= 0.6 is 0 Å². The Labute approximate surface area is 121 Å². The van der Waals surface area contributed by atoms with Crippen molar-refractivity contribution >= 4 is 5.69 Å². The number of hydrogen-bond donors (Lipinski definition) is 2. The lowest BCUT2D eigenvalue weighted by Gasteiger charge is -2.60. The molecule has 110 valence electrons. The van der Waals surface area contributed by atoms with Crippen molar-refractivity contribution in [3.8, 4) is 0 Å². The molecule has 2 N–H and O–H groups in total. The number of nitrogens with one attached hydrogen (secondary N) is 1. The van der Waals surface area contributed by atoms with Crippen LogP contribution in [0.3, 0.4) is 0 Å². The van der Waals surface area contributed by atoms with E-state index in [2.05, 4.69) is 43.4 Å². The van der Waals surface area contributed by atoms with Gasteiger partial charge in [-0.2, -0.15) is 0 Å². The predicted molar refractivity (Wildman–Crippen MR) is 80.9 cm³/mol. The monoisotopic (exact) mass is 275 g/mol. The molecule has 0 aromatic heterocycles. The van der Waals surface area contributed by atoms with Crippen LogP contribution in [0.2, 0.25) is 0 Å². The first kappa shape index (κ1) is 13.9. The molecule has 3 unspecified atom stereocenters. The summed E-state index contributed by atoms with van der Waals surface area (Å²) >= 11 is 0. The van der Waals surface area contributed by atoms with Crippen LogP contribution in [0.5, 0.6) is 0 Å². The average molecular weight is 275 g/mol. The molecule has 1 aliphatic heterocycles. The summed E-state index contributed by atoms with van der Waals surface area (Å²) in [6, 6.07) is 8.94. The molecule has 3 rings (SSSR count). The lowest BCUT2D eigenvalue weighted by Crippen LogP contribution is -2.67. The zero-order chi connectivity index (χ0) is 14.2. The minimum absolute atomic E-state index is 0.203. The molecular formula is C17H25NO2. The summed E-state index contributed by atoms with van der Waals surface area (Å²) in [6.07, 6.45) is 3.61. The van der Waals surface area contributed by atoms with Crippen molar-refractivity contribution in [3.05, 3.63) is 29.8 Å². The molecule has 1 aromatic rings. The Morgan fingerprint density at radius 2 is 2.05 bits per heavy atom. The van der Waals surface area contributed by atoms with Gasteiger partial charge < -0.3 is 15.2 Å². The van der Waals surface area contributed by atoms with E-state index in [0.29, 0.717) is 18.1 Å². The highest BCUT2D eigenvalue weighted by Gasteiger charge is 2.57. The zero-order valence-corrected chi connectivity index (χ0v) is 12.4. The summed E-state index contributed by atoms with van der Waals surface area (Å²) in [5, 5.41) is 12.6. The Kier molecular flexibility index (Phi) is 3.74. The van der Waals surface area contributed by atoms with E-state index < -0.39 is 0 Å². The van der Waals surface area contributed by atoms with Crippen molar-refractivity contribution in [1.29, 1.82) is 0 Å². The first-order valence-corrected chi connectivity index (χ1v) is 7.71. The number of aliphatic hydroxyl groups is 1. The second kappa shape index (κ2) is 5.38. The molecule has 0 radical (unpaired) electrons. The molecular weight excluding hydrogens is 250 g/mol. The minimum atomic E-state index is 0.203. The maximum atomic E-state index is 8.95. The summed E-state index contributed by atoms with van der Waals surface area (Å²) < 4.78 is 5.94. The molecule has 2 aliphatic rings. The Balaban J connectivity index is 1.67. The summed E-state index contributed by atoms with van der Waals surface area (Å²) in [5.74, 6) is 0.649. The third-order valence-electron chi connectivity index (χ3n) is 5.01. The van der Waals surface area contributed by atoms with Gasteiger partial charge in [-0.15, -0.1) is 0 Å². The number of ether oxygens (including phenoxy) is 1. The third kappa shape index (κ3) is 2.33. The van der Waals surface area contributed by atoms with Crippen LogP contribution in [-0.4, -0.2) is 30.5 Å². The molecule has 1 aromatic carbocycles.